The van der Waals surface area contributed by atoms with Gasteiger partial charge in [-0.2, -0.15) is 11.8 Å². The number of ether oxygens (including phenoxy) is 1. The maximum Gasteiger partial charge on any atom is 0.257 e. The Morgan fingerprint density at radius 2 is 2.30 bits per heavy atom. The molecule has 128 valence electrons. The van der Waals surface area contributed by atoms with Crippen molar-refractivity contribution in [1.29, 1.82) is 0 Å². The third kappa shape index (κ3) is 5.15. The van der Waals surface area contributed by atoms with Crippen molar-refractivity contribution in [2.75, 3.05) is 38.2 Å². The first-order chi connectivity index (χ1) is 11.2. The van der Waals surface area contributed by atoms with E-state index in [1.165, 1.54) is 6.42 Å². The van der Waals surface area contributed by atoms with Crippen molar-refractivity contribution in [3.63, 3.8) is 0 Å². The Kier molecular flexibility index (Phi) is 7.24. The highest BCUT2D eigenvalue weighted by atomic mass is 32.2. The Morgan fingerprint density at radius 3 is 3.04 bits per heavy atom. The number of hydrogen-bond donors (Lipinski definition) is 1. The lowest BCUT2D eigenvalue weighted by molar-refractivity contribution is 0.0681. The molecule has 4 nitrogen and oxygen atoms in total. The van der Waals surface area contributed by atoms with Gasteiger partial charge in [-0.05, 0) is 68.4 Å². The van der Waals surface area contributed by atoms with Gasteiger partial charge in [-0.15, -0.1) is 0 Å². The molecule has 1 aliphatic rings. The molecule has 1 saturated heterocycles. The summed E-state index contributed by atoms with van der Waals surface area (Å²) in [4.78, 5) is 14.9. The number of nitrogens with zero attached hydrogens (tertiary/aromatic N) is 1. The molecule has 1 atom stereocenters. The molecule has 0 aliphatic carbocycles. The van der Waals surface area contributed by atoms with Crippen LogP contribution in [0.4, 0.5) is 0 Å². The average molecular weight is 337 g/mol. The van der Waals surface area contributed by atoms with E-state index in [4.69, 9.17) is 10.5 Å². The van der Waals surface area contributed by atoms with E-state index in [0.29, 0.717) is 30.4 Å². The molecule has 1 heterocycles. The summed E-state index contributed by atoms with van der Waals surface area (Å²) in [6.45, 7) is 4.86. The summed E-state index contributed by atoms with van der Waals surface area (Å²) in [5.41, 5.74) is 7.30. The lowest BCUT2D eigenvalue weighted by Gasteiger charge is -2.33. The van der Waals surface area contributed by atoms with Crippen LogP contribution >= 0.6 is 11.8 Å². The fourth-order valence-electron chi connectivity index (χ4n) is 2.98. The molecule has 1 aromatic carbocycles. The van der Waals surface area contributed by atoms with Crippen LogP contribution in [0.2, 0.25) is 0 Å². The number of nitrogens with two attached hydrogens (primary N) is 1. The Labute approximate surface area is 143 Å². The fraction of sp³-hybridized carbons (Fsp3) is 0.611. The van der Waals surface area contributed by atoms with E-state index in [1.54, 1.807) is 0 Å². The molecule has 1 aromatic rings. The topological polar surface area (TPSA) is 55.6 Å². The van der Waals surface area contributed by atoms with Gasteiger partial charge in [0, 0.05) is 13.1 Å². The number of thioether (sulfide) groups is 1. The van der Waals surface area contributed by atoms with Gasteiger partial charge in [0.1, 0.15) is 5.75 Å². The van der Waals surface area contributed by atoms with Crippen LogP contribution in [-0.2, 0) is 0 Å². The van der Waals surface area contributed by atoms with E-state index in [9.17, 15) is 4.79 Å². The summed E-state index contributed by atoms with van der Waals surface area (Å²) < 4.78 is 5.81. The number of aryl methyl sites for hydroxylation is 1. The highest BCUT2D eigenvalue weighted by Gasteiger charge is 2.26. The fourth-order valence-corrected chi connectivity index (χ4v) is 3.73. The normalized spacial score (nSPS) is 18.0. The van der Waals surface area contributed by atoms with E-state index in [0.717, 1.165) is 37.2 Å². The van der Waals surface area contributed by atoms with Crippen LogP contribution in [-0.4, -0.2) is 49.1 Å². The van der Waals surface area contributed by atoms with Gasteiger partial charge in [-0.25, -0.2) is 0 Å². The lowest BCUT2D eigenvalue weighted by atomic mass is 9.99. The number of likely N-dealkylation sites (tertiary alicyclic amines) is 1. The predicted octanol–water partition coefficient (Wildman–Crippen LogP) is 2.94. The maximum absolute atomic E-state index is 12.9. The molecule has 1 aliphatic heterocycles. The van der Waals surface area contributed by atoms with Crippen molar-refractivity contribution in [1.82, 2.24) is 4.90 Å². The van der Waals surface area contributed by atoms with Crippen molar-refractivity contribution in [2.24, 2.45) is 11.7 Å². The van der Waals surface area contributed by atoms with Gasteiger partial charge in [0.05, 0.1) is 12.2 Å². The Balaban J connectivity index is 2.11. The van der Waals surface area contributed by atoms with Crippen molar-refractivity contribution >= 4 is 17.7 Å². The summed E-state index contributed by atoms with van der Waals surface area (Å²) in [5, 5.41) is 0. The summed E-state index contributed by atoms with van der Waals surface area (Å²) >= 11 is 1.86. The zero-order valence-corrected chi connectivity index (χ0v) is 15.0. The molecule has 0 unspecified atom stereocenters. The number of rotatable bonds is 7. The standard InChI is InChI=1S/C18H28N2O2S/c1-14-6-7-16(17(11-14)22-10-4-8-19)18(21)20-9-3-5-15(12-20)13-23-2/h6-7,11,15H,3-5,8-10,12-13,19H2,1-2H3/t15-/m0/s1. The van der Waals surface area contributed by atoms with Gasteiger partial charge in [0.2, 0.25) is 0 Å². The summed E-state index contributed by atoms with van der Waals surface area (Å²) in [5.74, 6) is 2.51. The second-order valence-electron chi connectivity index (χ2n) is 6.21. The van der Waals surface area contributed by atoms with Gasteiger partial charge in [-0.3, -0.25) is 4.79 Å². The molecule has 5 heteroatoms. The second-order valence-corrected chi connectivity index (χ2v) is 7.12. The summed E-state index contributed by atoms with van der Waals surface area (Å²) in [6.07, 6.45) is 5.23. The third-order valence-corrected chi connectivity index (χ3v) is 4.99. The minimum Gasteiger partial charge on any atom is -0.493 e. The van der Waals surface area contributed by atoms with E-state index in [-0.39, 0.29) is 5.91 Å². The van der Waals surface area contributed by atoms with E-state index < -0.39 is 0 Å². The Morgan fingerprint density at radius 1 is 1.48 bits per heavy atom. The number of hydrogen-bond acceptors (Lipinski definition) is 4. The molecular weight excluding hydrogens is 308 g/mol. The second kappa shape index (κ2) is 9.18. The minimum atomic E-state index is 0.0959. The van der Waals surface area contributed by atoms with Gasteiger partial charge < -0.3 is 15.4 Å². The van der Waals surface area contributed by atoms with Gasteiger partial charge in [0.15, 0.2) is 0 Å². The van der Waals surface area contributed by atoms with Gasteiger partial charge in [0.25, 0.3) is 5.91 Å². The summed E-state index contributed by atoms with van der Waals surface area (Å²) in [6, 6.07) is 5.83. The maximum atomic E-state index is 12.9. The molecule has 23 heavy (non-hydrogen) atoms. The number of benzene rings is 1. The third-order valence-electron chi connectivity index (χ3n) is 4.18. The van der Waals surface area contributed by atoms with Crippen molar-refractivity contribution in [2.45, 2.75) is 26.2 Å². The lowest BCUT2D eigenvalue weighted by Crippen LogP contribution is -2.40. The van der Waals surface area contributed by atoms with Crippen molar-refractivity contribution < 1.29 is 9.53 Å². The zero-order chi connectivity index (χ0) is 16.7. The van der Waals surface area contributed by atoms with Crippen LogP contribution in [0, 0.1) is 12.8 Å². The molecule has 0 bridgehead atoms. The van der Waals surface area contributed by atoms with E-state index in [1.807, 2.05) is 41.8 Å². The zero-order valence-electron chi connectivity index (χ0n) is 14.2. The highest BCUT2D eigenvalue weighted by Crippen LogP contribution is 2.26. The molecule has 0 saturated carbocycles. The largest absolute Gasteiger partial charge is 0.493 e. The Bertz CT molecular complexity index is 520. The predicted molar refractivity (Wildman–Crippen MR) is 97.4 cm³/mol. The summed E-state index contributed by atoms with van der Waals surface area (Å²) in [7, 11) is 0. The molecule has 0 spiro atoms. The smallest absolute Gasteiger partial charge is 0.257 e. The molecule has 1 fully saturated rings. The Hall–Kier alpha value is -1.20. The molecule has 1 amide bonds. The number of piperidine rings is 1. The van der Waals surface area contributed by atoms with Crippen molar-refractivity contribution in [3.05, 3.63) is 29.3 Å². The van der Waals surface area contributed by atoms with Crippen LogP contribution < -0.4 is 10.5 Å². The number of amides is 1. The first-order valence-corrected chi connectivity index (χ1v) is 9.76. The van der Waals surface area contributed by atoms with Gasteiger partial charge >= 0.3 is 0 Å². The van der Waals surface area contributed by atoms with Crippen LogP contribution in [0.25, 0.3) is 0 Å². The van der Waals surface area contributed by atoms with Crippen LogP contribution in [0.15, 0.2) is 18.2 Å². The van der Waals surface area contributed by atoms with Crippen LogP contribution in [0.5, 0.6) is 5.75 Å². The first kappa shape index (κ1) is 18.1. The number of carbonyl (C=O) groups excluding carboxylic acids is 1. The van der Waals surface area contributed by atoms with Crippen molar-refractivity contribution in [3.8, 4) is 5.75 Å². The minimum absolute atomic E-state index is 0.0959. The van der Waals surface area contributed by atoms with Crippen LogP contribution in [0.1, 0.15) is 35.2 Å². The molecule has 0 radical (unpaired) electrons. The SMILES string of the molecule is CSC[C@H]1CCCN(C(=O)c2ccc(C)cc2OCCCN)C1. The number of carbonyl (C=O) groups is 1. The molecule has 2 rings (SSSR count). The first-order valence-electron chi connectivity index (χ1n) is 8.37. The molecular formula is C18H28N2O2S. The van der Waals surface area contributed by atoms with Crippen LogP contribution in [0.3, 0.4) is 0 Å². The molecule has 2 N–H and O–H groups in total. The quantitative estimate of drug-likeness (QED) is 0.778. The van der Waals surface area contributed by atoms with E-state index >= 15 is 0 Å². The monoisotopic (exact) mass is 336 g/mol. The van der Waals surface area contributed by atoms with Gasteiger partial charge in [-0.1, -0.05) is 6.07 Å². The molecule has 0 aromatic heterocycles. The average Bonchev–Trinajstić information content (AvgIpc) is 2.55. The highest BCUT2D eigenvalue weighted by molar-refractivity contribution is 7.98. The van der Waals surface area contributed by atoms with E-state index in [2.05, 4.69) is 6.26 Å².